The molecule has 4 heteroatoms. The SMILES string of the molecule is CC1=CCC(c2cccc(C(F)(F)F)c2)=CS1. The third kappa shape index (κ3) is 2.94. The first-order valence-electron chi connectivity index (χ1n) is 5.17. The summed E-state index contributed by atoms with van der Waals surface area (Å²) in [6, 6.07) is 5.48. The summed E-state index contributed by atoms with van der Waals surface area (Å²) < 4.78 is 37.7. The summed E-state index contributed by atoms with van der Waals surface area (Å²) in [6.07, 6.45) is -1.55. The van der Waals surface area contributed by atoms with Gasteiger partial charge in [0, 0.05) is 0 Å². The maximum absolute atomic E-state index is 12.6. The molecule has 0 spiro atoms. The summed E-state index contributed by atoms with van der Waals surface area (Å²) >= 11 is 1.55. The van der Waals surface area contributed by atoms with E-state index in [1.54, 1.807) is 17.8 Å². The van der Waals surface area contributed by atoms with Crippen LogP contribution < -0.4 is 0 Å². The monoisotopic (exact) mass is 256 g/mol. The number of hydrogen-bond donors (Lipinski definition) is 0. The second kappa shape index (κ2) is 4.61. The number of halogens is 3. The van der Waals surface area contributed by atoms with E-state index in [4.69, 9.17) is 0 Å². The van der Waals surface area contributed by atoms with E-state index in [-0.39, 0.29) is 0 Å². The zero-order chi connectivity index (χ0) is 12.5. The van der Waals surface area contributed by atoms with Gasteiger partial charge in [0.25, 0.3) is 0 Å². The van der Waals surface area contributed by atoms with Crippen molar-refractivity contribution >= 4 is 17.3 Å². The summed E-state index contributed by atoms with van der Waals surface area (Å²) in [6.45, 7) is 1.99. The van der Waals surface area contributed by atoms with Gasteiger partial charge < -0.3 is 0 Å². The maximum Gasteiger partial charge on any atom is 0.416 e. The highest BCUT2D eigenvalue weighted by atomic mass is 32.2. The van der Waals surface area contributed by atoms with Crippen LogP contribution in [0.4, 0.5) is 13.2 Å². The van der Waals surface area contributed by atoms with Crippen molar-refractivity contribution in [2.24, 2.45) is 0 Å². The molecule has 0 bridgehead atoms. The molecule has 1 aromatic carbocycles. The van der Waals surface area contributed by atoms with Crippen LogP contribution in [0.1, 0.15) is 24.5 Å². The fourth-order valence-corrected chi connectivity index (χ4v) is 2.34. The fraction of sp³-hybridized carbons (Fsp3) is 0.231. The van der Waals surface area contributed by atoms with Gasteiger partial charge in [-0.1, -0.05) is 18.2 Å². The Hall–Kier alpha value is -1.16. The van der Waals surface area contributed by atoms with E-state index in [0.717, 1.165) is 11.6 Å². The van der Waals surface area contributed by atoms with Crippen LogP contribution in [0.2, 0.25) is 0 Å². The average molecular weight is 256 g/mol. The number of hydrogen-bond acceptors (Lipinski definition) is 1. The van der Waals surface area contributed by atoms with Gasteiger partial charge in [0.15, 0.2) is 0 Å². The van der Waals surface area contributed by atoms with Gasteiger partial charge in [-0.2, -0.15) is 13.2 Å². The van der Waals surface area contributed by atoms with Crippen molar-refractivity contribution in [2.75, 3.05) is 0 Å². The summed E-state index contributed by atoms with van der Waals surface area (Å²) in [4.78, 5) is 1.18. The van der Waals surface area contributed by atoms with Crippen molar-refractivity contribution in [3.05, 3.63) is 51.8 Å². The Bertz CT molecular complexity index is 484. The quantitative estimate of drug-likeness (QED) is 0.674. The van der Waals surface area contributed by atoms with E-state index in [2.05, 4.69) is 0 Å². The normalized spacial score (nSPS) is 16.5. The second-order valence-electron chi connectivity index (χ2n) is 3.86. The lowest BCUT2D eigenvalue weighted by Crippen LogP contribution is -2.05. The Kier molecular flexibility index (Phi) is 3.33. The second-order valence-corrected chi connectivity index (χ2v) is 4.97. The van der Waals surface area contributed by atoms with Gasteiger partial charge in [-0.05, 0) is 46.9 Å². The Morgan fingerprint density at radius 2 is 2.00 bits per heavy atom. The van der Waals surface area contributed by atoms with Crippen LogP contribution in [0.15, 0.2) is 40.7 Å². The molecule has 0 N–H and O–H groups in total. The molecule has 0 aliphatic carbocycles. The first kappa shape index (κ1) is 12.3. The number of benzene rings is 1. The van der Waals surface area contributed by atoms with Gasteiger partial charge in [-0.25, -0.2) is 0 Å². The van der Waals surface area contributed by atoms with Gasteiger partial charge in [-0.15, -0.1) is 11.8 Å². The van der Waals surface area contributed by atoms with Crippen LogP contribution >= 0.6 is 11.8 Å². The summed E-state index contributed by atoms with van der Waals surface area (Å²) in [5.74, 6) is 0. The highest BCUT2D eigenvalue weighted by Crippen LogP contribution is 2.35. The maximum atomic E-state index is 12.6. The lowest BCUT2D eigenvalue weighted by Gasteiger charge is -2.13. The van der Waals surface area contributed by atoms with Crippen LogP contribution in [0.5, 0.6) is 0 Å². The minimum atomic E-state index is -4.27. The van der Waals surface area contributed by atoms with Gasteiger partial charge in [0.1, 0.15) is 0 Å². The fourth-order valence-electron chi connectivity index (χ4n) is 1.60. The molecule has 0 amide bonds. The zero-order valence-electron chi connectivity index (χ0n) is 9.21. The van der Waals surface area contributed by atoms with Crippen LogP contribution in [-0.4, -0.2) is 0 Å². The molecular formula is C13H11F3S. The molecule has 1 heterocycles. The number of rotatable bonds is 1. The number of alkyl halides is 3. The van der Waals surface area contributed by atoms with Gasteiger partial charge >= 0.3 is 6.18 Å². The molecule has 0 atom stereocenters. The highest BCUT2D eigenvalue weighted by molar-refractivity contribution is 8.06. The Morgan fingerprint density at radius 1 is 1.24 bits per heavy atom. The molecule has 0 nitrogen and oxygen atoms in total. The average Bonchev–Trinajstić information content (AvgIpc) is 2.29. The smallest absolute Gasteiger partial charge is 0.166 e. The summed E-state index contributed by atoms with van der Waals surface area (Å²) in [5.41, 5.74) is 0.995. The van der Waals surface area contributed by atoms with E-state index in [0.29, 0.717) is 12.0 Å². The van der Waals surface area contributed by atoms with Crippen molar-refractivity contribution in [3.63, 3.8) is 0 Å². The predicted octanol–water partition coefficient (Wildman–Crippen LogP) is 5.09. The Morgan fingerprint density at radius 3 is 2.59 bits per heavy atom. The standard InChI is InChI=1S/C13H11F3S/c1-9-5-6-11(8-17-9)10-3-2-4-12(7-10)13(14,15)16/h2-5,7-8H,6H2,1H3. The van der Waals surface area contributed by atoms with Crippen molar-refractivity contribution in [3.8, 4) is 0 Å². The third-order valence-electron chi connectivity index (χ3n) is 2.56. The van der Waals surface area contributed by atoms with E-state index in [1.807, 2.05) is 18.4 Å². The molecule has 0 unspecified atom stereocenters. The topological polar surface area (TPSA) is 0 Å². The first-order chi connectivity index (χ1) is 7.97. The molecule has 1 aliphatic heterocycles. The van der Waals surface area contributed by atoms with Crippen molar-refractivity contribution < 1.29 is 13.2 Å². The van der Waals surface area contributed by atoms with E-state index in [9.17, 15) is 13.2 Å². The molecule has 90 valence electrons. The number of thioether (sulfide) groups is 1. The molecule has 0 saturated carbocycles. The van der Waals surface area contributed by atoms with Crippen molar-refractivity contribution in [1.82, 2.24) is 0 Å². The van der Waals surface area contributed by atoms with Gasteiger partial charge in [0.05, 0.1) is 5.56 Å². The Labute approximate surface area is 102 Å². The molecular weight excluding hydrogens is 245 g/mol. The molecule has 0 saturated heterocycles. The van der Waals surface area contributed by atoms with Crippen LogP contribution in [-0.2, 0) is 6.18 Å². The molecule has 2 rings (SSSR count). The first-order valence-corrected chi connectivity index (χ1v) is 6.05. The van der Waals surface area contributed by atoms with E-state index in [1.165, 1.54) is 17.0 Å². The zero-order valence-corrected chi connectivity index (χ0v) is 10.0. The summed E-state index contributed by atoms with van der Waals surface area (Å²) in [5, 5.41) is 1.92. The van der Waals surface area contributed by atoms with E-state index < -0.39 is 11.7 Å². The third-order valence-corrected chi connectivity index (χ3v) is 3.50. The minimum absolute atomic E-state index is 0.591. The van der Waals surface area contributed by atoms with E-state index >= 15 is 0 Å². The van der Waals surface area contributed by atoms with Crippen LogP contribution in [0.3, 0.4) is 0 Å². The van der Waals surface area contributed by atoms with Gasteiger partial charge in [-0.3, -0.25) is 0 Å². The minimum Gasteiger partial charge on any atom is -0.166 e. The molecule has 1 aliphatic rings. The van der Waals surface area contributed by atoms with Crippen LogP contribution in [0.25, 0.3) is 5.57 Å². The lowest BCUT2D eigenvalue weighted by molar-refractivity contribution is -0.137. The van der Waals surface area contributed by atoms with Crippen molar-refractivity contribution in [1.29, 1.82) is 0 Å². The molecule has 0 radical (unpaired) electrons. The Balaban J connectivity index is 2.29. The predicted molar refractivity (Wildman–Crippen MR) is 65.4 cm³/mol. The molecule has 17 heavy (non-hydrogen) atoms. The number of allylic oxidation sites excluding steroid dienone is 3. The largest absolute Gasteiger partial charge is 0.416 e. The molecule has 1 aromatic rings. The lowest BCUT2D eigenvalue weighted by atomic mass is 10.0. The molecule has 0 aromatic heterocycles. The van der Waals surface area contributed by atoms with Gasteiger partial charge in [0.2, 0.25) is 0 Å². The van der Waals surface area contributed by atoms with Crippen LogP contribution in [0, 0.1) is 0 Å². The summed E-state index contributed by atoms with van der Waals surface area (Å²) in [7, 11) is 0. The highest BCUT2D eigenvalue weighted by Gasteiger charge is 2.30. The van der Waals surface area contributed by atoms with Crippen molar-refractivity contribution in [2.45, 2.75) is 19.5 Å². The molecule has 0 fully saturated rings.